The molecule has 0 atom stereocenters. The molecule has 20 heavy (non-hydrogen) atoms. The van der Waals surface area contributed by atoms with Crippen LogP contribution in [-0.2, 0) is 5.54 Å². The Morgan fingerprint density at radius 1 is 0.850 bits per heavy atom. The standard InChI is InChI=1S/C19H30N/c1-2-20(16-10-5-11-17-20)19(14-8-4-9-15-19)18-12-6-3-7-13-18/h3,6-7,12-13H,2,4-5,8-11,14-17H2,1H3/q+1. The van der Waals surface area contributed by atoms with Crippen LogP contribution in [-0.4, -0.2) is 24.1 Å². The van der Waals surface area contributed by atoms with E-state index in [1.54, 1.807) is 5.56 Å². The molecule has 1 saturated heterocycles. The lowest BCUT2D eigenvalue weighted by Gasteiger charge is -2.57. The minimum absolute atomic E-state index is 0.425. The maximum Gasteiger partial charge on any atom is 0.125 e. The van der Waals surface area contributed by atoms with Crippen LogP contribution in [0.25, 0.3) is 0 Å². The second-order valence-electron chi connectivity index (χ2n) is 6.93. The Labute approximate surface area is 124 Å². The third-order valence-corrected chi connectivity index (χ3v) is 6.18. The summed E-state index contributed by atoms with van der Waals surface area (Å²) in [6.45, 7) is 6.57. The van der Waals surface area contributed by atoms with E-state index in [9.17, 15) is 0 Å². The molecule has 0 bridgehead atoms. The van der Waals surface area contributed by atoms with Gasteiger partial charge in [-0.15, -0.1) is 0 Å². The van der Waals surface area contributed by atoms with Crippen LogP contribution in [0.5, 0.6) is 0 Å². The molecule has 0 amide bonds. The van der Waals surface area contributed by atoms with Gasteiger partial charge in [0.1, 0.15) is 5.54 Å². The predicted molar refractivity (Wildman–Crippen MR) is 85.6 cm³/mol. The highest BCUT2D eigenvalue weighted by Gasteiger charge is 2.51. The monoisotopic (exact) mass is 272 g/mol. The van der Waals surface area contributed by atoms with Gasteiger partial charge in [0.25, 0.3) is 0 Å². The Kier molecular flexibility index (Phi) is 4.16. The molecule has 1 saturated carbocycles. The molecule has 1 nitrogen and oxygen atoms in total. The lowest BCUT2D eigenvalue weighted by Crippen LogP contribution is -2.64. The number of hydrogen-bond donors (Lipinski definition) is 0. The van der Waals surface area contributed by atoms with E-state index in [1.807, 2.05) is 0 Å². The van der Waals surface area contributed by atoms with Gasteiger partial charge in [0.05, 0.1) is 19.6 Å². The summed E-state index contributed by atoms with van der Waals surface area (Å²) < 4.78 is 1.37. The van der Waals surface area contributed by atoms with Crippen LogP contribution in [0.4, 0.5) is 0 Å². The molecule has 2 aliphatic rings. The van der Waals surface area contributed by atoms with Crippen molar-refractivity contribution >= 4 is 0 Å². The van der Waals surface area contributed by atoms with Gasteiger partial charge in [-0.05, 0) is 39.0 Å². The molecule has 0 spiro atoms. The Balaban J connectivity index is 2.04. The highest BCUT2D eigenvalue weighted by Crippen LogP contribution is 2.48. The maximum atomic E-state index is 2.44. The molecule has 3 rings (SSSR count). The molecule has 0 radical (unpaired) electrons. The first-order valence-electron chi connectivity index (χ1n) is 8.75. The zero-order chi connectivity index (χ0) is 13.9. The molecule has 1 aliphatic carbocycles. The third-order valence-electron chi connectivity index (χ3n) is 6.18. The van der Waals surface area contributed by atoms with Crippen LogP contribution in [0.15, 0.2) is 30.3 Å². The summed E-state index contributed by atoms with van der Waals surface area (Å²) in [6.07, 6.45) is 11.4. The summed E-state index contributed by atoms with van der Waals surface area (Å²) in [5.41, 5.74) is 2.05. The molecule has 0 aromatic heterocycles. The second-order valence-corrected chi connectivity index (χ2v) is 6.93. The van der Waals surface area contributed by atoms with E-state index in [2.05, 4.69) is 37.3 Å². The minimum atomic E-state index is 0.425. The van der Waals surface area contributed by atoms with Crippen LogP contribution in [0.1, 0.15) is 63.9 Å². The molecule has 1 aliphatic heterocycles. The fraction of sp³-hybridized carbons (Fsp3) is 0.684. The lowest BCUT2D eigenvalue weighted by molar-refractivity contribution is -0.988. The van der Waals surface area contributed by atoms with Crippen LogP contribution in [0.3, 0.4) is 0 Å². The first kappa shape index (κ1) is 14.1. The number of hydrogen-bond acceptors (Lipinski definition) is 0. The fourth-order valence-electron chi connectivity index (χ4n) is 5.09. The molecule has 2 fully saturated rings. The second kappa shape index (κ2) is 5.89. The van der Waals surface area contributed by atoms with Crippen molar-refractivity contribution in [1.82, 2.24) is 0 Å². The minimum Gasteiger partial charge on any atom is -0.315 e. The molecule has 1 aromatic rings. The smallest absolute Gasteiger partial charge is 0.125 e. The summed E-state index contributed by atoms with van der Waals surface area (Å²) in [5, 5.41) is 0. The van der Waals surface area contributed by atoms with E-state index in [-0.39, 0.29) is 0 Å². The van der Waals surface area contributed by atoms with Crippen molar-refractivity contribution in [3.63, 3.8) is 0 Å². The molecule has 110 valence electrons. The van der Waals surface area contributed by atoms with Crippen molar-refractivity contribution in [3.8, 4) is 0 Å². The largest absolute Gasteiger partial charge is 0.315 e. The number of quaternary nitrogens is 1. The molecule has 0 N–H and O–H groups in total. The van der Waals surface area contributed by atoms with E-state index in [4.69, 9.17) is 0 Å². The normalized spacial score (nSPS) is 25.2. The molecule has 1 heterocycles. The first-order chi connectivity index (χ1) is 9.83. The molecule has 1 aromatic carbocycles. The predicted octanol–water partition coefficient (Wildman–Crippen LogP) is 4.87. The SMILES string of the molecule is CC[N+]1(C2(c3ccccc3)CCCCC2)CCCCC1. The van der Waals surface area contributed by atoms with Gasteiger partial charge in [-0.1, -0.05) is 36.8 Å². The van der Waals surface area contributed by atoms with Crippen LogP contribution < -0.4 is 0 Å². The van der Waals surface area contributed by atoms with Crippen molar-refractivity contribution in [2.75, 3.05) is 19.6 Å². The first-order valence-corrected chi connectivity index (χ1v) is 8.75. The molecular formula is C19H30N+. The van der Waals surface area contributed by atoms with Gasteiger partial charge in [-0.25, -0.2) is 0 Å². The average Bonchev–Trinajstić information content (AvgIpc) is 2.57. The van der Waals surface area contributed by atoms with Gasteiger partial charge < -0.3 is 4.48 Å². The van der Waals surface area contributed by atoms with E-state index in [0.717, 1.165) is 0 Å². The highest BCUT2D eigenvalue weighted by atomic mass is 15.4. The number of likely N-dealkylation sites (tertiary alicyclic amines) is 1. The van der Waals surface area contributed by atoms with Crippen molar-refractivity contribution in [3.05, 3.63) is 35.9 Å². The molecule has 0 unspecified atom stereocenters. The van der Waals surface area contributed by atoms with Gasteiger partial charge in [0, 0.05) is 18.4 Å². The van der Waals surface area contributed by atoms with Gasteiger partial charge in [-0.3, -0.25) is 0 Å². The maximum absolute atomic E-state index is 2.44. The summed E-state index contributed by atoms with van der Waals surface area (Å²) in [4.78, 5) is 0. The van der Waals surface area contributed by atoms with Crippen LogP contribution >= 0.6 is 0 Å². The summed E-state index contributed by atoms with van der Waals surface area (Å²) >= 11 is 0. The fourth-order valence-corrected chi connectivity index (χ4v) is 5.09. The zero-order valence-corrected chi connectivity index (χ0v) is 13.1. The van der Waals surface area contributed by atoms with Gasteiger partial charge >= 0.3 is 0 Å². The van der Waals surface area contributed by atoms with E-state index < -0.39 is 0 Å². The van der Waals surface area contributed by atoms with Gasteiger partial charge in [0.15, 0.2) is 0 Å². The van der Waals surface area contributed by atoms with Crippen molar-refractivity contribution < 1.29 is 4.48 Å². The van der Waals surface area contributed by atoms with Crippen molar-refractivity contribution in [2.24, 2.45) is 0 Å². The summed E-state index contributed by atoms with van der Waals surface area (Å²) in [7, 11) is 0. The van der Waals surface area contributed by atoms with Crippen molar-refractivity contribution in [1.29, 1.82) is 0 Å². The van der Waals surface area contributed by atoms with Crippen molar-refractivity contribution in [2.45, 2.75) is 63.8 Å². The number of piperidine rings is 1. The zero-order valence-electron chi connectivity index (χ0n) is 13.1. The summed E-state index contributed by atoms with van der Waals surface area (Å²) in [5.74, 6) is 0. The van der Waals surface area contributed by atoms with Gasteiger partial charge in [-0.2, -0.15) is 0 Å². The van der Waals surface area contributed by atoms with Gasteiger partial charge in [0.2, 0.25) is 0 Å². The summed E-state index contributed by atoms with van der Waals surface area (Å²) in [6, 6.07) is 11.5. The Hall–Kier alpha value is -0.820. The number of rotatable bonds is 3. The quantitative estimate of drug-likeness (QED) is 0.689. The average molecular weight is 272 g/mol. The Bertz CT molecular complexity index is 411. The Morgan fingerprint density at radius 2 is 1.45 bits per heavy atom. The topological polar surface area (TPSA) is 0 Å². The van der Waals surface area contributed by atoms with E-state index in [1.165, 1.54) is 75.5 Å². The van der Waals surface area contributed by atoms with E-state index >= 15 is 0 Å². The third kappa shape index (κ3) is 2.20. The van der Waals surface area contributed by atoms with Crippen LogP contribution in [0.2, 0.25) is 0 Å². The van der Waals surface area contributed by atoms with E-state index in [0.29, 0.717) is 5.54 Å². The molecular weight excluding hydrogens is 242 g/mol. The van der Waals surface area contributed by atoms with Crippen LogP contribution in [0, 0.1) is 0 Å². The number of nitrogens with zero attached hydrogens (tertiary/aromatic N) is 1. The Morgan fingerprint density at radius 3 is 2.05 bits per heavy atom. The highest BCUT2D eigenvalue weighted by molar-refractivity contribution is 5.23. The molecule has 1 heteroatoms. The number of benzene rings is 1. The lowest BCUT2D eigenvalue weighted by atomic mass is 9.72.